The van der Waals surface area contributed by atoms with E-state index in [1.807, 2.05) is 0 Å². The molecule has 0 aliphatic carbocycles. The first-order chi connectivity index (χ1) is 19.6. The summed E-state index contributed by atoms with van der Waals surface area (Å²) in [6, 6.07) is 5.40. The Hall–Kier alpha value is -2.83. The molecule has 0 amide bonds. The highest BCUT2D eigenvalue weighted by atomic mass is 32.3. The average Bonchev–Trinajstić information content (AvgIpc) is 2.85. The molecular formula is C20H12F17NO5S2. The van der Waals surface area contributed by atoms with Gasteiger partial charge >= 0.3 is 57.1 Å². The largest absolute Gasteiger partial charge is 0.460 e. The lowest BCUT2D eigenvalue weighted by Crippen LogP contribution is -2.75. The lowest BCUT2D eigenvalue weighted by molar-refractivity contribution is -0.458. The van der Waals surface area contributed by atoms with Gasteiger partial charge in [0, 0.05) is 16.3 Å². The van der Waals surface area contributed by atoms with E-state index >= 15 is 0 Å². The molecule has 0 atom stereocenters. The van der Waals surface area contributed by atoms with E-state index in [4.69, 9.17) is 0 Å². The Bertz CT molecular complexity index is 1590. The summed E-state index contributed by atoms with van der Waals surface area (Å²) in [6.45, 7) is 0. The van der Waals surface area contributed by atoms with Crippen molar-refractivity contribution >= 4 is 36.9 Å². The van der Waals surface area contributed by atoms with Crippen LogP contribution >= 0.6 is 10.3 Å². The van der Waals surface area contributed by atoms with Gasteiger partial charge in [0.2, 0.25) is 0 Å². The Balaban J connectivity index is 2.69. The van der Waals surface area contributed by atoms with Crippen LogP contribution in [0, 0.1) is 10.1 Å². The molecule has 0 saturated carbocycles. The molecular weight excluding hydrogens is 721 g/mol. The van der Waals surface area contributed by atoms with Crippen molar-refractivity contribution in [3.63, 3.8) is 0 Å². The van der Waals surface area contributed by atoms with Gasteiger partial charge in [0.25, 0.3) is 5.69 Å². The van der Waals surface area contributed by atoms with Gasteiger partial charge in [-0.3, -0.25) is 10.1 Å². The summed E-state index contributed by atoms with van der Waals surface area (Å²) >= 11 is 0. The van der Waals surface area contributed by atoms with E-state index in [2.05, 4.69) is 3.63 Å². The van der Waals surface area contributed by atoms with Gasteiger partial charge in [0.1, 0.15) is 0 Å². The van der Waals surface area contributed by atoms with Crippen LogP contribution in [-0.4, -0.2) is 72.8 Å². The number of benzene rings is 2. The summed E-state index contributed by atoms with van der Waals surface area (Å²) in [4.78, 5) is 9.56. The molecule has 2 rings (SSSR count). The molecule has 0 saturated heterocycles. The second-order valence-electron chi connectivity index (χ2n) is 9.10. The van der Waals surface area contributed by atoms with E-state index in [-0.39, 0.29) is 5.39 Å². The summed E-state index contributed by atoms with van der Waals surface area (Å²) in [5.41, 5.74) is -0.722. The van der Waals surface area contributed by atoms with E-state index < -0.39 is 88.3 Å². The van der Waals surface area contributed by atoms with Crippen molar-refractivity contribution in [2.24, 2.45) is 0 Å². The van der Waals surface area contributed by atoms with Crippen molar-refractivity contribution in [3.05, 3.63) is 46.5 Å². The Morgan fingerprint density at radius 2 is 0.978 bits per heavy atom. The van der Waals surface area contributed by atoms with Gasteiger partial charge in [-0.15, -0.1) is 0 Å². The lowest BCUT2D eigenvalue weighted by Gasteiger charge is -2.42. The van der Waals surface area contributed by atoms with Crippen molar-refractivity contribution in [1.82, 2.24) is 0 Å². The first-order valence-corrected chi connectivity index (χ1v) is 14.5. The Morgan fingerprint density at radius 1 is 0.600 bits per heavy atom. The molecule has 0 fully saturated rings. The maximum absolute atomic E-state index is 14.5. The summed E-state index contributed by atoms with van der Waals surface area (Å²) in [6.07, 6.45) is -6.98. The number of nitrogens with zero attached hydrogens (tertiary/aromatic N) is 1. The summed E-state index contributed by atoms with van der Waals surface area (Å²) in [7, 11) is -12.0. The molecule has 45 heavy (non-hydrogen) atoms. The fourth-order valence-corrected chi connectivity index (χ4v) is 7.43. The van der Waals surface area contributed by atoms with E-state index in [1.165, 1.54) is 0 Å². The van der Waals surface area contributed by atoms with Gasteiger partial charge in [0.15, 0.2) is 0 Å². The number of non-ortho nitro benzene ring substituents is 1. The number of halogens is 17. The molecule has 25 heteroatoms. The number of alkyl halides is 17. The number of hydrogen-bond donors (Lipinski definition) is 0. The zero-order chi connectivity index (χ0) is 35.8. The van der Waals surface area contributed by atoms with Crippen molar-refractivity contribution in [2.75, 3.05) is 12.5 Å². The number of nitro groups is 1. The highest BCUT2D eigenvalue weighted by molar-refractivity contribution is 8.32. The highest BCUT2D eigenvalue weighted by Crippen LogP contribution is 2.65. The molecule has 0 unspecified atom stereocenters. The maximum atomic E-state index is 14.5. The maximum Gasteiger partial charge on any atom is 0.460 e. The average molecular weight is 733 g/mol. The Labute approximate surface area is 239 Å². The molecule has 0 N–H and O–H groups in total. The molecule has 0 spiro atoms. The SMILES string of the molecule is CS(C)(OS(=O)(=O)C(F)(F)C(F)(F)C(F)(F)C(F)(F)C(F)(F)C(F)(F)C(F)(F)C(F)(F)F)c1ccc([N+](=O)[O-])c2ccccc12. The molecule has 2 aromatic carbocycles. The number of fused-ring (bicyclic) bond motifs is 1. The molecule has 0 aliphatic heterocycles. The molecule has 0 radical (unpaired) electrons. The Kier molecular flexibility index (Phi) is 9.03. The third-order valence-corrected chi connectivity index (χ3v) is 10.2. The van der Waals surface area contributed by atoms with Crippen LogP contribution in [0.2, 0.25) is 0 Å². The fraction of sp³-hybridized carbons (Fsp3) is 0.500. The first kappa shape index (κ1) is 38.4. The number of hydrogen-bond acceptors (Lipinski definition) is 5. The van der Waals surface area contributed by atoms with Gasteiger partial charge < -0.3 is 0 Å². The predicted octanol–water partition coefficient (Wildman–Crippen LogP) is 8.40. The zero-order valence-corrected chi connectivity index (χ0v) is 22.8. The molecule has 0 heterocycles. The molecule has 0 bridgehead atoms. The van der Waals surface area contributed by atoms with Gasteiger partial charge in [-0.25, -0.2) is 3.63 Å². The molecule has 6 nitrogen and oxygen atoms in total. The summed E-state index contributed by atoms with van der Waals surface area (Å²) < 4.78 is 259. The minimum atomic E-state index is -8.97. The predicted molar refractivity (Wildman–Crippen MR) is 119 cm³/mol. The second-order valence-corrected chi connectivity index (χ2v) is 14.0. The Morgan fingerprint density at radius 3 is 1.38 bits per heavy atom. The summed E-state index contributed by atoms with van der Waals surface area (Å²) in [5.74, 6) is -52.4. The van der Waals surface area contributed by atoms with E-state index in [9.17, 15) is 93.2 Å². The third-order valence-electron chi connectivity index (χ3n) is 5.85. The van der Waals surface area contributed by atoms with Gasteiger partial charge in [-0.1, -0.05) is 28.5 Å². The van der Waals surface area contributed by atoms with Crippen molar-refractivity contribution in [2.45, 2.75) is 51.9 Å². The van der Waals surface area contributed by atoms with E-state index in [1.54, 1.807) is 0 Å². The second kappa shape index (κ2) is 10.6. The van der Waals surface area contributed by atoms with Gasteiger partial charge in [-0.05, 0) is 24.6 Å². The molecule has 0 aliphatic rings. The summed E-state index contributed by atoms with van der Waals surface area (Å²) in [5, 5.41) is 2.57. The van der Waals surface area contributed by atoms with Crippen LogP contribution in [0.15, 0.2) is 41.3 Å². The fourth-order valence-electron chi connectivity index (χ4n) is 3.45. The minimum absolute atomic E-state index is 0.386. The van der Waals surface area contributed by atoms with Crippen LogP contribution in [0.4, 0.5) is 80.3 Å². The van der Waals surface area contributed by atoms with Crippen molar-refractivity contribution in [3.8, 4) is 0 Å². The van der Waals surface area contributed by atoms with E-state index in [0.29, 0.717) is 24.6 Å². The van der Waals surface area contributed by atoms with Crippen LogP contribution in [0.25, 0.3) is 10.8 Å². The smallest absolute Gasteiger partial charge is 0.258 e. The lowest BCUT2D eigenvalue weighted by atomic mass is 9.91. The van der Waals surface area contributed by atoms with Gasteiger partial charge in [0.05, 0.1) is 10.3 Å². The van der Waals surface area contributed by atoms with Crippen LogP contribution in [0.3, 0.4) is 0 Å². The number of nitro benzene ring substituents is 1. The number of rotatable bonds is 11. The van der Waals surface area contributed by atoms with Crippen LogP contribution in [-0.2, 0) is 13.7 Å². The van der Waals surface area contributed by atoms with Crippen molar-refractivity contribution < 1.29 is 91.6 Å². The zero-order valence-electron chi connectivity index (χ0n) is 21.2. The third kappa shape index (κ3) is 5.30. The quantitative estimate of drug-likeness (QED) is 0.132. The van der Waals surface area contributed by atoms with Crippen molar-refractivity contribution in [1.29, 1.82) is 0 Å². The van der Waals surface area contributed by atoms with E-state index in [0.717, 1.165) is 24.3 Å². The van der Waals surface area contributed by atoms with Crippen LogP contribution in [0.1, 0.15) is 0 Å². The molecule has 258 valence electrons. The molecule has 0 aromatic heterocycles. The minimum Gasteiger partial charge on any atom is -0.258 e. The highest BCUT2D eigenvalue weighted by Gasteiger charge is 2.96. The van der Waals surface area contributed by atoms with Crippen LogP contribution in [0.5, 0.6) is 0 Å². The standard InChI is InChI=1S/C20H12F17NO5S2/c1-44(2,12-8-7-11(38(39)40)9-5-3-4-6-10(9)12)43-45(41,42)20(36,37)18(31,32)16(27,28)14(23,24)13(21,22)15(25,26)17(29,30)19(33,34)35/h3-8H,1-2H3. The van der Waals surface area contributed by atoms with Gasteiger partial charge in [-0.2, -0.15) is 83.1 Å². The van der Waals surface area contributed by atoms with Crippen LogP contribution < -0.4 is 0 Å². The normalized spacial score (nSPS) is 15.8. The monoisotopic (exact) mass is 733 g/mol. The molecule has 2 aromatic rings. The first-order valence-electron chi connectivity index (χ1n) is 10.7. The topological polar surface area (TPSA) is 86.5 Å².